The molecule has 1 aliphatic rings. The van der Waals surface area contributed by atoms with Crippen molar-refractivity contribution in [1.29, 1.82) is 0 Å². The summed E-state index contributed by atoms with van der Waals surface area (Å²) in [5, 5.41) is 12.7. The molecule has 2 rings (SSSR count). The van der Waals surface area contributed by atoms with Crippen LogP contribution in [0.2, 0.25) is 0 Å². The van der Waals surface area contributed by atoms with Gasteiger partial charge in [0.25, 0.3) is 0 Å². The number of nitrogens with one attached hydrogen (secondary N) is 1. The average molecular weight is 316 g/mol. The molecule has 1 aromatic rings. The van der Waals surface area contributed by atoms with E-state index in [1.165, 1.54) is 6.08 Å². The minimum absolute atomic E-state index is 0.0793. The van der Waals surface area contributed by atoms with E-state index < -0.39 is 11.5 Å². The van der Waals surface area contributed by atoms with Crippen LogP contribution in [0.4, 0.5) is 0 Å². The molecule has 5 heteroatoms. The van der Waals surface area contributed by atoms with Crippen molar-refractivity contribution >= 4 is 11.8 Å². The molecular formula is C18H24N2O3. The van der Waals surface area contributed by atoms with Crippen molar-refractivity contribution in [3.8, 4) is 0 Å². The molecule has 23 heavy (non-hydrogen) atoms. The maximum Gasteiger partial charge on any atom is 0.249 e. The Morgan fingerprint density at radius 3 is 2.61 bits per heavy atom. The molecule has 0 saturated carbocycles. The van der Waals surface area contributed by atoms with Gasteiger partial charge in [-0.3, -0.25) is 9.59 Å². The van der Waals surface area contributed by atoms with E-state index in [4.69, 9.17) is 0 Å². The SMILES string of the molecule is C=CC(=O)N1Cc2ccc(CNC(=O)[C@@H](O)C(C)(C)C)cc2C1. The summed E-state index contributed by atoms with van der Waals surface area (Å²) < 4.78 is 0. The summed E-state index contributed by atoms with van der Waals surface area (Å²) in [4.78, 5) is 25.4. The molecule has 2 N–H and O–H groups in total. The van der Waals surface area contributed by atoms with Crippen molar-refractivity contribution in [3.05, 3.63) is 47.5 Å². The summed E-state index contributed by atoms with van der Waals surface area (Å²) in [6.07, 6.45) is 0.276. The second kappa shape index (κ2) is 6.54. The first kappa shape index (κ1) is 17.2. The topological polar surface area (TPSA) is 69.6 Å². The Bertz CT molecular complexity index is 632. The summed E-state index contributed by atoms with van der Waals surface area (Å²) in [6, 6.07) is 5.91. The summed E-state index contributed by atoms with van der Waals surface area (Å²) in [6.45, 7) is 10.5. The summed E-state index contributed by atoms with van der Waals surface area (Å²) in [5.74, 6) is -0.453. The molecule has 0 bridgehead atoms. The van der Waals surface area contributed by atoms with E-state index in [9.17, 15) is 14.7 Å². The quantitative estimate of drug-likeness (QED) is 0.831. The molecule has 0 aromatic heterocycles. The van der Waals surface area contributed by atoms with Crippen LogP contribution in [0.1, 0.15) is 37.5 Å². The van der Waals surface area contributed by atoms with Crippen LogP contribution in [-0.4, -0.2) is 27.9 Å². The molecule has 1 aliphatic heterocycles. The van der Waals surface area contributed by atoms with Crippen LogP contribution in [0.25, 0.3) is 0 Å². The van der Waals surface area contributed by atoms with E-state index in [1.54, 1.807) is 4.90 Å². The van der Waals surface area contributed by atoms with Gasteiger partial charge in [-0.1, -0.05) is 45.5 Å². The standard InChI is InChI=1S/C18H24N2O3/c1-5-15(21)20-10-13-7-6-12(8-14(13)11-20)9-19-17(23)16(22)18(2,3)4/h5-8,16,22H,1,9-11H2,2-4H3,(H,19,23)/t16-/m1/s1. The Labute approximate surface area is 137 Å². The van der Waals surface area contributed by atoms with Crippen LogP contribution in [0, 0.1) is 5.41 Å². The highest BCUT2D eigenvalue weighted by Crippen LogP contribution is 2.24. The number of hydrogen-bond donors (Lipinski definition) is 2. The Morgan fingerprint density at radius 2 is 2.00 bits per heavy atom. The van der Waals surface area contributed by atoms with Crippen molar-refractivity contribution in [2.75, 3.05) is 0 Å². The molecule has 0 fully saturated rings. The number of rotatable bonds is 4. The fourth-order valence-corrected chi connectivity index (χ4v) is 2.52. The highest BCUT2D eigenvalue weighted by Gasteiger charge is 2.28. The van der Waals surface area contributed by atoms with Crippen LogP contribution in [-0.2, 0) is 29.2 Å². The zero-order chi connectivity index (χ0) is 17.2. The van der Waals surface area contributed by atoms with E-state index in [0.717, 1.165) is 16.7 Å². The van der Waals surface area contributed by atoms with Crippen LogP contribution < -0.4 is 5.32 Å². The Balaban J connectivity index is 1.99. The van der Waals surface area contributed by atoms with Crippen LogP contribution >= 0.6 is 0 Å². The number of aliphatic hydroxyl groups excluding tert-OH is 1. The molecule has 5 nitrogen and oxygen atoms in total. The Morgan fingerprint density at radius 1 is 1.35 bits per heavy atom. The van der Waals surface area contributed by atoms with E-state index in [1.807, 2.05) is 39.0 Å². The number of benzene rings is 1. The van der Waals surface area contributed by atoms with Gasteiger partial charge in [-0.15, -0.1) is 0 Å². The van der Waals surface area contributed by atoms with E-state index in [-0.39, 0.29) is 11.8 Å². The summed E-state index contributed by atoms with van der Waals surface area (Å²) in [5.41, 5.74) is 2.66. The molecular weight excluding hydrogens is 292 g/mol. The van der Waals surface area contributed by atoms with E-state index in [2.05, 4.69) is 11.9 Å². The van der Waals surface area contributed by atoms with Gasteiger partial charge in [-0.25, -0.2) is 0 Å². The number of amides is 2. The van der Waals surface area contributed by atoms with Crippen LogP contribution in [0.15, 0.2) is 30.9 Å². The third-order valence-electron chi connectivity index (χ3n) is 4.01. The van der Waals surface area contributed by atoms with Crippen molar-refractivity contribution < 1.29 is 14.7 Å². The lowest BCUT2D eigenvalue weighted by molar-refractivity contribution is -0.134. The minimum atomic E-state index is -1.04. The van der Waals surface area contributed by atoms with Gasteiger partial charge < -0.3 is 15.3 Å². The summed E-state index contributed by atoms with van der Waals surface area (Å²) >= 11 is 0. The largest absolute Gasteiger partial charge is 0.383 e. The van der Waals surface area contributed by atoms with Gasteiger partial charge >= 0.3 is 0 Å². The first-order valence-corrected chi connectivity index (χ1v) is 7.70. The molecule has 1 atom stereocenters. The average Bonchev–Trinajstić information content (AvgIpc) is 2.93. The molecule has 1 aromatic carbocycles. The van der Waals surface area contributed by atoms with Crippen molar-refractivity contribution in [2.24, 2.45) is 5.41 Å². The first-order valence-electron chi connectivity index (χ1n) is 7.70. The predicted molar refractivity (Wildman–Crippen MR) is 88.2 cm³/mol. The van der Waals surface area contributed by atoms with Crippen LogP contribution in [0.5, 0.6) is 0 Å². The number of aliphatic hydroxyl groups is 1. The zero-order valence-corrected chi connectivity index (χ0v) is 13.9. The molecule has 1 heterocycles. The van der Waals surface area contributed by atoms with Gasteiger partial charge in [-0.2, -0.15) is 0 Å². The third-order valence-corrected chi connectivity index (χ3v) is 4.01. The van der Waals surface area contributed by atoms with Crippen LogP contribution in [0.3, 0.4) is 0 Å². The predicted octanol–water partition coefficient (Wildman–Crippen LogP) is 1.74. The second-order valence-corrected chi connectivity index (χ2v) is 6.99. The highest BCUT2D eigenvalue weighted by atomic mass is 16.3. The van der Waals surface area contributed by atoms with E-state index >= 15 is 0 Å². The fourth-order valence-electron chi connectivity index (χ4n) is 2.52. The van der Waals surface area contributed by atoms with Gasteiger partial charge in [-0.05, 0) is 28.2 Å². The van der Waals surface area contributed by atoms with E-state index in [0.29, 0.717) is 19.6 Å². The lowest BCUT2D eigenvalue weighted by atomic mass is 9.88. The van der Waals surface area contributed by atoms with Gasteiger partial charge in [0, 0.05) is 19.6 Å². The molecule has 0 spiro atoms. The van der Waals surface area contributed by atoms with Crippen molar-refractivity contribution in [3.63, 3.8) is 0 Å². The molecule has 2 amide bonds. The second-order valence-electron chi connectivity index (χ2n) is 6.99. The molecule has 124 valence electrons. The Kier molecular flexibility index (Phi) is 4.90. The number of nitrogens with zero attached hydrogens (tertiary/aromatic N) is 1. The fraction of sp³-hybridized carbons (Fsp3) is 0.444. The molecule has 0 radical (unpaired) electrons. The van der Waals surface area contributed by atoms with Gasteiger partial charge in [0.05, 0.1) is 0 Å². The summed E-state index contributed by atoms with van der Waals surface area (Å²) in [7, 11) is 0. The molecule has 0 unspecified atom stereocenters. The highest BCUT2D eigenvalue weighted by molar-refractivity contribution is 5.87. The minimum Gasteiger partial charge on any atom is -0.383 e. The number of carbonyl (C=O) groups excluding carboxylic acids is 2. The Hall–Kier alpha value is -2.14. The number of hydrogen-bond acceptors (Lipinski definition) is 3. The number of carbonyl (C=O) groups is 2. The molecule has 0 aliphatic carbocycles. The first-order chi connectivity index (χ1) is 10.7. The molecule has 0 saturated heterocycles. The monoisotopic (exact) mass is 316 g/mol. The van der Waals surface area contributed by atoms with Gasteiger partial charge in [0.15, 0.2) is 0 Å². The lowest BCUT2D eigenvalue weighted by Crippen LogP contribution is -2.42. The maximum absolute atomic E-state index is 12.0. The number of fused-ring (bicyclic) bond motifs is 1. The van der Waals surface area contributed by atoms with Crippen molar-refractivity contribution in [2.45, 2.75) is 46.5 Å². The maximum atomic E-state index is 12.0. The zero-order valence-electron chi connectivity index (χ0n) is 13.9. The van der Waals surface area contributed by atoms with Crippen molar-refractivity contribution in [1.82, 2.24) is 10.2 Å². The smallest absolute Gasteiger partial charge is 0.249 e. The lowest BCUT2D eigenvalue weighted by Gasteiger charge is -2.24. The third kappa shape index (κ3) is 3.99. The normalized spacial score (nSPS) is 15.0. The van der Waals surface area contributed by atoms with Gasteiger partial charge in [0.2, 0.25) is 11.8 Å². The van der Waals surface area contributed by atoms with Gasteiger partial charge in [0.1, 0.15) is 6.10 Å².